The van der Waals surface area contributed by atoms with Crippen molar-refractivity contribution in [3.05, 3.63) is 73.6 Å². The number of morpholine rings is 1. The summed E-state index contributed by atoms with van der Waals surface area (Å²) in [7, 11) is 0. The first kappa shape index (κ1) is 20.0. The van der Waals surface area contributed by atoms with Gasteiger partial charge in [0.2, 0.25) is 5.91 Å². The molecule has 3 aromatic heterocycles. The molecule has 0 N–H and O–H groups in total. The van der Waals surface area contributed by atoms with Gasteiger partial charge in [0.25, 0.3) is 0 Å². The molecule has 8 nitrogen and oxygen atoms in total. The number of hydrogen-bond acceptors (Lipinski definition) is 6. The van der Waals surface area contributed by atoms with Gasteiger partial charge in [-0.3, -0.25) is 14.5 Å². The number of pyridine rings is 1. The van der Waals surface area contributed by atoms with Crippen molar-refractivity contribution in [1.82, 2.24) is 29.6 Å². The van der Waals surface area contributed by atoms with Crippen LogP contribution in [0.2, 0.25) is 0 Å². The SMILES string of the molecule is O=C(Cn1cc(-c2cnc(-c3cccc(-c4ccncc4)c3)nc2)cn1)N1CCOCC1. The van der Waals surface area contributed by atoms with E-state index in [-0.39, 0.29) is 12.5 Å². The number of aromatic nitrogens is 5. The van der Waals surface area contributed by atoms with E-state index in [1.807, 2.05) is 35.4 Å². The molecule has 5 rings (SSSR count). The predicted molar refractivity (Wildman–Crippen MR) is 119 cm³/mol. The minimum atomic E-state index is 0.0450. The van der Waals surface area contributed by atoms with Crippen LogP contribution in [0.4, 0.5) is 0 Å². The number of benzene rings is 1. The average Bonchev–Trinajstić information content (AvgIpc) is 3.34. The standard InChI is InChI=1S/C24H22N6O2/c31-23(29-8-10-32-11-9-29)17-30-16-22(15-28-30)21-13-26-24(27-14-21)20-3-1-2-19(12-20)18-4-6-25-7-5-18/h1-7,12-16H,8-11,17H2. The Morgan fingerprint density at radius 1 is 0.875 bits per heavy atom. The topological polar surface area (TPSA) is 86.0 Å². The van der Waals surface area contributed by atoms with E-state index in [4.69, 9.17) is 4.74 Å². The average molecular weight is 426 g/mol. The van der Waals surface area contributed by atoms with Crippen LogP contribution in [-0.4, -0.2) is 61.8 Å². The van der Waals surface area contributed by atoms with Crippen molar-refractivity contribution in [2.75, 3.05) is 26.3 Å². The minimum absolute atomic E-state index is 0.0450. The molecular weight excluding hydrogens is 404 g/mol. The van der Waals surface area contributed by atoms with E-state index in [1.165, 1.54) is 0 Å². The second-order valence-corrected chi connectivity index (χ2v) is 7.53. The summed E-state index contributed by atoms with van der Waals surface area (Å²) < 4.78 is 6.95. The van der Waals surface area contributed by atoms with E-state index >= 15 is 0 Å². The number of rotatable bonds is 5. The highest BCUT2D eigenvalue weighted by molar-refractivity contribution is 5.76. The van der Waals surface area contributed by atoms with E-state index in [1.54, 1.807) is 35.7 Å². The van der Waals surface area contributed by atoms with Crippen LogP contribution in [0.15, 0.2) is 73.6 Å². The lowest BCUT2D eigenvalue weighted by Gasteiger charge is -2.26. The van der Waals surface area contributed by atoms with Crippen molar-refractivity contribution in [1.29, 1.82) is 0 Å². The number of amides is 1. The molecule has 0 bridgehead atoms. The molecule has 1 saturated heterocycles. The fourth-order valence-corrected chi connectivity index (χ4v) is 3.66. The van der Waals surface area contributed by atoms with E-state index in [0.29, 0.717) is 32.1 Å². The molecule has 160 valence electrons. The Labute approximate surface area is 185 Å². The van der Waals surface area contributed by atoms with Gasteiger partial charge in [0.15, 0.2) is 5.82 Å². The lowest BCUT2D eigenvalue weighted by molar-refractivity contribution is -0.136. The molecule has 0 aliphatic carbocycles. The molecule has 0 atom stereocenters. The molecule has 1 amide bonds. The van der Waals surface area contributed by atoms with Gasteiger partial charge < -0.3 is 9.64 Å². The molecule has 0 radical (unpaired) electrons. The summed E-state index contributed by atoms with van der Waals surface area (Å²) in [4.78, 5) is 27.4. The lowest BCUT2D eigenvalue weighted by atomic mass is 10.0. The number of hydrogen-bond donors (Lipinski definition) is 0. The molecule has 4 aromatic rings. The zero-order valence-corrected chi connectivity index (χ0v) is 17.5. The summed E-state index contributed by atoms with van der Waals surface area (Å²) in [6.45, 7) is 2.65. The highest BCUT2D eigenvalue weighted by Crippen LogP contribution is 2.25. The highest BCUT2D eigenvalue weighted by atomic mass is 16.5. The molecule has 0 unspecified atom stereocenters. The second-order valence-electron chi connectivity index (χ2n) is 7.53. The highest BCUT2D eigenvalue weighted by Gasteiger charge is 2.17. The monoisotopic (exact) mass is 426 g/mol. The maximum absolute atomic E-state index is 12.4. The minimum Gasteiger partial charge on any atom is -0.378 e. The van der Waals surface area contributed by atoms with Crippen molar-refractivity contribution in [2.45, 2.75) is 6.54 Å². The second kappa shape index (κ2) is 9.07. The van der Waals surface area contributed by atoms with Crippen LogP contribution in [-0.2, 0) is 16.1 Å². The van der Waals surface area contributed by atoms with Crippen molar-refractivity contribution in [3.8, 4) is 33.6 Å². The van der Waals surface area contributed by atoms with Crippen molar-refractivity contribution < 1.29 is 9.53 Å². The van der Waals surface area contributed by atoms with Gasteiger partial charge in [-0.25, -0.2) is 9.97 Å². The lowest BCUT2D eigenvalue weighted by Crippen LogP contribution is -2.42. The van der Waals surface area contributed by atoms with Gasteiger partial charge in [-0.1, -0.05) is 18.2 Å². The summed E-state index contributed by atoms with van der Waals surface area (Å²) in [6.07, 6.45) is 10.7. The molecule has 8 heteroatoms. The Morgan fingerprint density at radius 3 is 2.41 bits per heavy atom. The Kier molecular flexibility index (Phi) is 5.67. The van der Waals surface area contributed by atoms with Gasteiger partial charge in [-0.05, 0) is 29.3 Å². The van der Waals surface area contributed by atoms with Crippen LogP contribution in [0, 0.1) is 0 Å². The van der Waals surface area contributed by atoms with Gasteiger partial charge in [0.1, 0.15) is 6.54 Å². The summed E-state index contributed by atoms with van der Waals surface area (Å²) in [6, 6.07) is 12.1. The first-order chi connectivity index (χ1) is 15.8. The van der Waals surface area contributed by atoms with Crippen molar-refractivity contribution in [3.63, 3.8) is 0 Å². The van der Waals surface area contributed by atoms with Crippen LogP contribution in [0.1, 0.15) is 0 Å². The quantitative estimate of drug-likeness (QED) is 0.488. The normalized spacial score (nSPS) is 13.8. The summed E-state index contributed by atoms with van der Waals surface area (Å²) in [5.41, 5.74) is 4.85. The van der Waals surface area contributed by atoms with E-state index in [9.17, 15) is 4.79 Å². The molecule has 1 aromatic carbocycles. The van der Waals surface area contributed by atoms with Crippen LogP contribution in [0.3, 0.4) is 0 Å². The van der Waals surface area contributed by atoms with Crippen LogP contribution in [0.5, 0.6) is 0 Å². The van der Waals surface area contributed by atoms with Crippen LogP contribution < -0.4 is 0 Å². The molecule has 1 aliphatic heterocycles. The summed E-state index contributed by atoms with van der Waals surface area (Å²) in [5, 5.41) is 4.33. The zero-order valence-electron chi connectivity index (χ0n) is 17.5. The van der Waals surface area contributed by atoms with Crippen LogP contribution in [0.25, 0.3) is 33.6 Å². The number of carbonyl (C=O) groups excluding carboxylic acids is 1. The van der Waals surface area contributed by atoms with Gasteiger partial charge in [-0.2, -0.15) is 5.10 Å². The van der Waals surface area contributed by atoms with Crippen LogP contribution >= 0.6 is 0 Å². The van der Waals surface area contributed by atoms with Crippen molar-refractivity contribution in [2.24, 2.45) is 0 Å². The third-order valence-electron chi connectivity index (χ3n) is 5.41. The Bertz CT molecular complexity index is 1200. The third-order valence-corrected chi connectivity index (χ3v) is 5.41. The van der Waals surface area contributed by atoms with Crippen molar-refractivity contribution >= 4 is 5.91 Å². The molecule has 1 fully saturated rings. The summed E-state index contributed by atoms with van der Waals surface area (Å²) in [5.74, 6) is 0.697. The molecule has 32 heavy (non-hydrogen) atoms. The largest absolute Gasteiger partial charge is 0.378 e. The summed E-state index contributed by atoms with van der Waals surface area (Å²) >= 11 is 0. The Balaban J connectivity index is 1.30. The Morgan fingerprint density at radius 2 is 1.62 bits per heavy atom. The molecule has 0 saturated carbocycles. The van der Waals surface area contributed by atoms with Gasteiger partial charge in [-0.15, -0.1) is 0 Å². The smallest absolute Gasteiger partial charge is 0.244 e. The Hall–Kier alpha value is -3.91. The molecule has 1 aliphatic rings. The van der Waals surface area contributed by atoms with Gasteiger partial charge in [0.05, 0.1) is 19.4 Å². The fourth-order valence-electron chi connectivity index (χ4n) is 3.66. The van der Waals surface area contributed by atoms with E-state index < -0.39 is 0 Å². The van der Waals surface area contributed by atoms with E-state index in [0.717, 1.165) is 27.8 Å². The third kappa shape index (κ3) is 4.40. The number of ether oxygens (including phenoxy) is 1. The number of carbonyl (C=O) groups is 1. The molecule has 0 spiro atoms. The molecule has 4 heterocycles. The first-order valence-electron chi connectivity index (χ1n) is 10.5. The molecular formula is C24H22N6O2. The number of nitrogens with zero attached hydrogens (tertiary/aromatic N) is 6. The predicted octanol–water partition coefficient (Wildman–Crippen LogP) is 2.93. The first-order valence-corrected chi connectivity index (χ1v) is 10.5. The zero-order chi connectivity index (χ0) is 21.8. The van der Waals surface area contributed by atoms with E-state index in [2.05, 4.69) is 32.2 Å². The maximum Gasteiger partial charge on any atom is 0.244 e. The van der Waals surface area contributed by atoms with Gasteiger partial charge >= 0.3 is 0 Å². The fraction of sp³-hybridized carbons (Fsp3) is 0.208. The maximum atomic E-state index is 12.4. The van der Waals surface area contributed by atoms with Gasteiger partial charge in [0, 0.05) is 60.8 Å².